The molecule has 0 spiro atoms. The minimum atomic E-state index is -0.430. The first kappa shape index (κ1) is 16.7. The summed E-state index contributed by atoms with van der Waals surface area (Å²) in [7, 11) is 4.60. The zero-order valence-electron chi connectivity index (χ0n) is 14.7. The summed E-state index contributed by atoms with van der Waals surface area (Å²) in [6.07, 6.45) is 3.11. The summed E-state index contributed by atoms with van der Waals surface area (Å²) in [5.41, 5.74) is 2.36. The van der Waals surface area contributed by atoms with E-state index in [0.717, 1.165) is 28.6 Å². The highest BCUT2D eigenvalue weighted by atomic mass is 32.1. The Hall–Kier alpha value is -2.74. The van der Waals surface area contributed by atoms with E-state index >= 15 is 0 Å². The normalized spacial score (nSPS) is 11.2. The van der Waals surface area contributed by atoms with E-state index in [4.69, 9.17) is 0 Å². The topological polar surface area (TPSA) is 51.0 Å². The lowest BCUT2D eigenvalue weighted by molar-refractivity contribution is 0.617. The van der Waals surface area contributed by atoms with Crippen LogP contribution in [-0.4, -0.2) is 35.9 Å². The van der Waals surface area contributed by atoms with Gasteiger partial charge in [-0.3, -0.25) is 9.36 Å². The van der Waals surface area contributed by atoms with Gasteiger partial charge in [0.05, 0.1) is 22.3 Å². The van der Waals surface area contributed by atoms with E-state index in [1.54, 1.807) is 12.3 Å². The molecule has 0 bridgehead atoms. The number of hydrogen-bond acceptors (Lipinski definition) is 5. The van der Waals surface area contributed by atoms with E-state index in [1.165, 1.54) is 28.3 Å². The van der Waals surface area contributed by atoms with E-state index in [0.29, 0.717) is 10.2 Å². The smallest absolute Gasteiger partial charge is 0.276 e. The van der Waals surface area contributed by atoms with Crippen LogP contribution in [0.15, 0.2) is 41.6 Å². The van der Waals surface area contributed by atoms with Crippen LogP contribution in [0.3, 0.4) is 0 Å². The number of rotatable bonds is 3. The van der Waals surface area contributed by atoms with Crippen molar-refractivity contribution in [1.82, 2.24) is 14.5 Å². The molecule has 130 valence electrons. The van der Waals surface area contributed by atoms with Crippen LogP contribution in [-0.2, 0) is 0 Å². The fraction of sp³-hybridized carbons (Fsp3) is 0.167. The number of halogens is 1. The van der Waals surface area contributed by atoms with Gasteiger partial charge in [-0.15, -0.1) is 11.3 Å². The Morgan fingerprint density at radius 3 is 2.73 bits per heavy atom. The second-order valence-electron chi connectivity index (χ2n) is 6.24. The lowest BCUT2D eigenvalue weighted by Gasteiger charge is -2.13. The van der Waals surface area contributed by atoms with Gasteiger partial charge < -0.3 is 4.90 Å². The summed E-state index contributed by atoms with van der Waals surface area (Å²) in [6, 6.07) is 6.80. The molecule has 0 aliphatic carbocycles. The first-order chi connectivity index (χ1) is 12.5. The highest BCUT2D eigenvalue weighted by Crippen LogP contribution is 2.35. The predicted molar refractivity (Wildman–Crippen MR) is 107 cm³/mol. The number of thiophene rings is 1. The van der Waals surface area contributed by atoms with E-state index in [2.05, 4.69) is 9.97 Å². The van der Waals surface area contributed by atoms with Crippen LogP contribution >= 0.6 is 11.3 Å². The summed E-state index contributed by atoms with van der Waals surface area (Å²) < 4.78 is 16.2. The summed E-state index contributed by atoms with van der Waals surface area (Å²) in [5, 5.41) is 0.851. The summed E-state index contributed by atoms with van der Waals surface area (Å²) in [5.74, 6) is -0.430. The third kappa shape index (κ3) is 2.49. The van der Waals surface area contributed by atoms with Crippen molar-refractivity contribution in [3.05, 3.63) is 53.0 Å². The van der Waals surface area contributed by atoms with Crippen LogP contribution in [0.1, 0.15) is 0 Å². The van der Waals surface area contributed by atoms with E-state index < -0.39 is 5.82 Å². The first-order valence-corrected chi connectivity index (χ1v) is 9.08. The fourth-order valence-corrected chi connectivity index (χ4v) is 4.09. The molecule has 0 atom stereocenters. The molecule has 0 aliphatic heterocycles. The van der Waals surface area contributed by atoms with Crippen LogP contribution in [0, 0.1) is 5.82 Å². The monoisotopic (exact) mass is 366 g/mol. The second kappa shape index (κ2) is 6.21. The molecule has 0 radical (unpaired) electrons. The average Bonchev–Trinajstić information content (AvgIpc) is 3.02. The van der Waals surface area contributed by atoms with E-state index in [1.807, 2.05) is 38.0 Å². The molecule has 0 saturated heterocycles. The summed E-state index contributed by atoms with van der Waals surface area (Å²) in [6.45, 7) is 1.96. The van der Waals surface area contributed by atoms with Gasteiger partial charge in [0, 0.05) is 20.3 Å². The Bertz CT molecular complexity index is 1200. The molecule has 0 unspecified atom stereocenters. The molecular weight excluding hydrogens is 350 g/mol. The Balaban J connectivity index is 2.01. The van der Waals surface area contributed by atoms with Gasteiger partial charge in [0.25, 0.3) is 5.56 Å². The Morgan fingerprint density at radius 1 is 1.23 bits per heavy atom. The molecule has 0 fully saturated rings. The second-order valence-corrected chi connectivity index (χ2v) is 7.24. The fourth-order valence-electron chi connectivity index (χ4n) is 3.05. The van der Waals surface area contributed by atoms with Crippen molar-refractivity contribution in [2.45, 2.75) is 6.82 Å². The van der Waals surface area contributed by atoms with Gasteiger partial charge in [0.15, 0.2) is 7.28 Å². The zero-order valence-corrected chi connectivity index (χ0v) is 15.5. The minimum Gasteiger partial charge on any atom is -0.377 e. The van der Waals surface area contributed by atoms with Gasteiger partial charge in [-0.2, -0.15) is 0 Å². The predicted octanol–water partition coefficient (Wildman–Crippen LogP) is 2.31. The molecule has 0 saturated carbocycles. The van der Waals surface area contributed by atoms with Gasteiger partial charge in [-0.25, -0.2) is 14.4 Å². The molecule has 4 aromatic rings. The molecule has 1 aromatic carbocycles. The van der Waals surface area contributed by atoms with Crippen molar-refractivity contribution in [1.29, 1.82) is 0 Å². The molecule has 3 aromatic heterocycles. The maximum atomic E-state index is 14.5. The average molecular weight is 366 g/mol. The van der Waals surface area contributed by atoms with Crippen molar-refractivity contribution < 1.29 is 4.39 Å². The summed E-state index contributed by atoms with van der Waals surface area (Å²) >= 11 is 1.29. The van der Waals surface area contributed by atoms with Crippen LogP contribution in [0.5, 0.6) is 0 Å². The van der Waals surface area contributed by atoms with Gasteiger partial charge >= 0.3 is 0 Å². The standard InChI is InChI=1S/C18H16BFN4OS/c1-19-10-4-5-12(11(20)8-10)24-9-22-15-14-13(23(2)3)6-7-21-17(14)26-16(15)18(24)25/h4-9,19H,1-3H3. The molecule has 0 aliphatic rings. The van der Waals surface area contributed by atoms with Crippen LogP contribution in [0.2, 0.25) is 6.82 Å². The molecule has 5 nitrogen and oxygen atoms in total. The molecular formula is C18H16BFN4OS. The highest BCUT2D eigenvalue weighted by molar-refractivity contribution is 7.25. The SMILES string of the molecule is CBc1ccc(-n2cnc3c(sc4nccc(N(C)C)c43)c2=O)c(F)c1. The number of fused-ring (bicyclic) bond motifs is 3. The van der Waals surface area contributed by atoms with E-state index in [9.17, 15) is 9.18 Å². The molecule has 26 heavy (non-hydrogen) atoms. The van der Waals surface area contributed by atoms with Crippen molar-refractivity contribution >= 4 is 50.2 Å². The zero-order chi connectivity index (χ0) is 18.4. The van der Waals surface area contributed by atoms with Crippen LogP contribution in [0.4, 0.5) is 10.1 Å². The van der Waals surface area contributed by atoms with Crippen molar-refractivity contribution in [2.24, 2.45) is 0 Å². The Morgan fingerprint density at radius 2 is 2.04 bits per heavy atom. The molecule has 4 rings (SSSR count). The largest absolute Gasteiger partial charge is 0.377 e. The van der Waals surface area contributed by atoms with Crippen LogP contribution < -0.4 is 15.9 Å². The lowest BCUT2D eigenvalue weighted by atomic mass is 9.73. The maximum absolute atomic E-state index is 14.5. The van der Waals surface area contributed by atoms with Gasteiger partial charge in [0.2, 0.25) is 0 Å². The van der Waals surface area contributed by atoms with E-state index in [-0.39, 0.29) is 11.2 Å². The number of benzene rings is 1. The number of nitrogens with zero attached hydrogens (tertiary/aromatic N) is 4. The van der Waals surface area contributed by atoms with Gasteiger partial charge in [0.1, 0.15) is 21.7 Å². The Labute approximate surface area is 154 Å². The molecule has 8 heteroatoms. The molecule has 0 N–H and O–H groups in total. The van der Waals surface area contributed by atoms with Crippen molar-refractivity contribution in [3.8, 4) is 5.69 Å². The minimum absolute atomic E-state index is 0.208. The lowest BCUT2D eigenvalue weighted by Crippen LogP contribution is -2.20. The summed E-state index contributed by atoms with van der Waals surface area (Å²) in [4.78, 5) is 24.6. The highest BCUT2D eigenvalue weighted by Gasteiger charge is 2.18. The van der Waals surface area contributed by atoms with Crippen molar-refractivity contribution in [2.75, 3.05) is 19.0 Å². The number of anilines is 1. The third-order valence-corrected chi connectivity index (χ3v) is 5.50. The number of hydrogen-bond donors (Lipinski definition) is 0. The molecule has 0 amide bonds. The van der Waals surface area contributed by atoms with Crippen molar-refractivity contribution in [3.63, 3.8) is 0 Å². The Kier molecular flexibility index (Phi) is 3.99. The quantitative estimate of drug-likeness (QED) is 0.522. The maximum Gasteiger partial charge on any atom is 0.276 e. The molecule has 3 heterocycles. The number of pyridine rings is 1. The number of aromatic nitrogens is 3. The third-order valence-electron chi connectivity index (χ3n) is 4.42. The first-order valence-electron chi connectivity index (χ1n) is 8.26. The van der Waals surface area contributed by atoms with Gasteiger partial charge in [-0.1, -0.05) is 18.4 Å². The van der Waals surface area contributed by atoms with Crippen LogP contribution in [0.25, 0.3) is 26.1 Å². The van der Waals surface area contributed by atoms with Gasteiger partial charge in [-0.05, 0) is 18.2 Å².